The number of aromatic amines is 1. The fourth-order valence-electron chi connectivity index (χ4n) is 3.68. The molecule has 2 N–H and O–H groups in total. The molecule has 0 aliphatic carbocycles. The van der Waals surface area contributed by atoms with Crippen LogP contribution in [0.5, 0.6) is 0 Å². The molecule has 2 aromatic carbocycles. The minimum Gasteiger partial charge on any atom is -0.301 e. The van der Waals surface area contributed by atoms with Gasteiger partial charge >= 0.3 is 6.18 Å². The quantitative estimate of drug-likeness (QED) is 0.401. The van der Waals surface area contributed by atoms with E-state index in [2.05, 4.69) is 30.8 Å². The third-order valence-electron chi connectivity index (χ3n) is 5.35. The molecule has 35 heavy (non-hydrogen) atoms. The van der Waals surface area contributed by atoms with E-state index < -0.39 is 11.7 Å². The molecule has 0 saturated carbocycles. The lowest BCUT2D eigenvalue weighted by Gasteiger charge is -2.14. The highest BCUT2D eigenvalue weighted by Gasteiger charge is 2.33. The molecule has 0 radical (unpaired) electrons. The van der Waals surface area contributed by atoms with Crippen LogP contribution in [-0.4, -0.2) is 36.3 Å². The van der Waals surface area contributed by atoms with Crippen LogP contribution in [0.15, 0.2) is 58.7 Å². The first kappa shape index (κ1) is 22.8. The summed E-state index contributed by atoms with van der Waals surface area (Å²) in [5, 5.41) is 18.4. The van der Waals surface area contributed by atoms with Gasteiger partial charge in [0.25, 0.3) is 5.91 Å². The molecule has 5 rings (SSSR count). The van der Waals surface area contributed by atoms with Gasteiger partial charge in [0.2, 0.25) is 0 Å². The van der Waals surface area contributed by atoms with E-state index in [4.69, 9.17) is 0 Å². The molecule has 0 bridgehead atoms. The van der Waals surface area contributed by atoms with Crippen LogP contribution >= 0.6 is 11.8 Å². The summed E-state index contributed by atoms with van der Waals surface area (Å²) in [6.07, 6.45) is 0.448. The molecule has 12 heteroatoms. The molecular formula is C23H18F3N7OS. The first-order valence-electron chi connectivity index (χ1n) is 10.5. The Hall–Kier alpha value is -3.93. The average molecular weight is 498 g/mol. The number of H-pyrrole nitrogens is 1. The van der Waals surface area contributed by atoms with Crippen LogP contribution in [0.25, 0.3) is 17.0 Å². The van der Waals surface area contributed by atoms with Gasteiger partial charge in [-0.25, -0.2) is 0 Å². The highest BCUT2D eigenvalue weighted by atomic mass is 32.2. The second-order valence-corrected chi connectivity index (χ2v) is 8.96. The van der Waals surface area contributed by atoms with Gasteiger partial charge in [0, 0.05) is 5.39 Å². The van der Waals surface area contributed by atoms with Crippen molar-refractivity contribution in [3.63, 3.8) is 0 Å². The zero-order valence-electron chi connectivity index (χ0n) is 18.3. The van der Waals surface area contributed by atoms with Crippen LogP contribution < -0.4 is 5.32 Å². The summed E-state index contributed by atoms with van der Waals surface area (Å²) in [5.41, 5.74) is 2.14. The Bertz CT molecular complexity index is 1470. The molecule has 1 fully saturated rings. The number of hydrogen-bond acceptors (Lipinski definition) is 6. The lowest BCUT2D eigenvalue weighted by atomic mass is 10.0. The molecule has 4 aromatic rings. The summed E-state index contributed by atoms with van der Waals surface area (Å²) < 4.78 is 42.1. The van der Waals surface area contributed by atoms with Crippen LogP contribution in [0.1, 0.15) is 27.9 Å². The minimum atomic E-state index is -4.44. The number of nitrogens with zero attached hydrogens (tertiary/aromatic N) is 5. The van der Waals surface area contributed by atoms with Crippen LogP contribution in [0, 0.1) is 6.92 Å². The van der Waals surface area contributed by atoms with Gasteiger partial charge in [-0.2, -0.15) is 33.7 Å². The van der Waals surface area contributed by atoms with Crippen molar-refractivity contribution in [2.45, 2.75) is 26.2 Å². The number of thioether (sulfide) groups is 1. The Balaban J connectivity index is 1.36. The smallest absolute Gasteiger partial charge is 0.301 e. The van der Waals surface area contributed by atoms with Gasteiger partial charge in [-0.05, 0) is 54.1 Å². The van der Waals surface area contributed by atoms with Crippen molar-refractivity contribution >= 4 is 39.8 Å². The van der Waals surface area contributed by atoms with Crippen LogP contribution in [0.2, 0.25) is 0 Å². The number of aliphatic imine (C=N–C) groups is 1. The Morgan fingerprint density at radius 3 is 2.80 bits per heavy atom. The monoisotopic (exact) mass is 497 g/mol. The normalized spacial score (nSPS) is 16.5. The van der Waals surface area contributed by atoms with Gasteiger partial charge in [-0.1, -0.05) is 23.8 Å². The molecular weight excluding hydrogens is 479 g/mol. The molecule has 1 amide bonds. The first-order chi connectivity index (χ1) is 16.8. The summed E-state index contributed by atoms with van der Waals surface area (Å²) in [5.74, 6) is -0.260. The molecule has 0 atom stereocenters. The summed E-state index contributed by atoms with van der Waals surface area (Å²) in [4.78, 5) is 17.1. The number of alkyl halides is 3. The molecule has 178 valence electrons. The Morgan fingerprint density at radius 2 is 2.03 bits per heavy atom. The number of amides is 1. The molecule has 8 nitrogen and oxygen atoms in total. The number of aromatic nitrogens is 5. The van der Waals surface area contributed by atoms with E-state index in [1.54, 1.807) is 43.6 Å². The van der Waals surface area contributed by atoms with E-state index in [0.29, 0.717) is 26.8 Å². The van der Waals surface area contributed by atoms with Crippen LogP contribution in [0.3, 0.4) is 0 Å². The second-order valence-electron chi connectivity index (χ2n) is 7.93. The van der Waals surface area contributed by atoms with Crippen molar-refractivity contribution in [2.75, 3.05) is 0 Å². The Morgan fingerprint density at radius 1 is 1.17 bits per heavy atom. The third kappa shape index (κ3) is 4.97. The summed E-state index contributed by atoms with van der Waals surface area (Å²) in [6, 6.07) is 9.72. The Labute approximate surface area is 201 Å². The van der Waals surface area contributed by atoms with E-state index in [9.17, 15) is 18.0 Å². The number of rotatable bonds is 5. The summed E-state index contributed by atoms with van der Waals surface area (Å²) in [7, 11) is 0. The molecule has 0 spiro atoms. The molecule has 0 unspecified atom stereocenters. The van der Waals surface area contributed by atoms with Crippen molar-refractivity contribution < 1.29 is 18.0 Å². The number of aryl methyl sites for hydroxylation is 1. The molecule has 1 aliphatic heterocycles. The number of carbonyl (C=O) groups excluding carboxylic acids is 1. The number of fused-ring (bicyclic) bond motifs is 1. The van der Waals surface area contributed by atoms with Gasteiger partial charge in [-0.15, -0.1) is 0 Å². The van der Waals surface area contributed by atoms with E-state index in [-0.39, 0.29) is 24.6 Å². The van der Waals surface area contributed by atoms with E-state index in [0.717, 1.165) is 17.0 Å². The van der Waals surface area contributed by atoms with Gasteiger partial charge in [-0.3, -0.25) is 14.5 Å². The summed E-state index contributed by atoms with van der Waals surface area (Å²) in [6.45, 7) is 1.91. The average Bonchev–Trinajstić information content (AvgIpc) is 3.54. The van der Waals surface area contributed by atoms with E-state index >= 15 is 0 Å². The fourth-order valence-corrected chi connectivity index (χ4v) is 4.50. The van der Waals surface area contributed by atoms with Crippen molar-refractivity contribution in [1.29, 1.82) is 0 Å². The number of nitrogens with one attached hydrogen (secondary N) is 2. The van der Waals surface area contributed by atoms with Gasteiger partial charge in [0.15, 0.2) is 5.17 Å². The SMILES string of the molecule is Cc1ccc(Cn2ncc3cc(/C=C4\SC(=NCc5cn[nH]n5)NC4=O)ccc32)c(C(F)(F)F)c1. The first-order valence-corrected chi connectivity index (χ1v) is 11.3. The van der Waals surface area contributed by atoms with Gasteiger partial charge < -0.3 is 5.32 Å². The maximum atomic E-state index is 13.5. The summed E-state index contributed by atoms with van der Waals surface area (Å²) >= 11 is 1.22. The van der Waals surface area contributed by atoms with E-state index in [1.165, 1.54) is 22.5 Å². The van der Waals surface area contributed by atoms with Crippen LogP contribution in [0.4, 0.5) is 13.2 Å². The number of benzene rings is 2. The number of halogens is 3. The highest BCUT2D eigenvalue weighted by Crippen LogP contribution is 2.33. The third-order valence-corrected chi connectivity index (χ3v) is 6.30. The largest absolute Gasteiger partial charge is 0.416 e. The second kappa shape index (κ2) is 9.02. The number of carbonyl (C=O) groups is 1. The molecule has 3 heterocycles. The van der Waals surface area contributed by atoms with Crippen molar-refractivity contribution in [2.24, 2.45) is 4.99 Å². The molecule has 1 aliphatic rings. The lowest BCUT2D eigenvalue weighted by Crippen LogP contribution is -2.19. The highest BCUT2D eigenvalue weighted by molar-refractivity contribution is 8.18. The van der Waals surface area contributed by atoms with Crippen LogP contribution in [-0.2, 0) is 24.1 Å². The van der Waals surface area contributed by atoms with Crippen molar-refractivity contribution in [1.82, 2.24) is 30.5 Å². The maximum absolute atomic E-state index is 13.5. The topological polar surface area (TPSA) is 101 Å². The van der Waals surface area contributed by atoms with Crippen molar-refractivity contribution in [3.05, 3.63) is 81.6 Å². The minimum absolute atomic E-state index is 0.0112. The zero-order valence-corrected chi connectivity index (χ0v) is 19.1. The standard InChI is InChI=1S/C23H18F3N7OS/c1-13-2-4-15(18(6-13)23(24,25)26)12-33-19-5-3-14(7-16(19)9-29-33)8-20-21(34)30-22(35-20)27-10-17-11-28-32-31-17/h2-9,11H,10,12H2,1H3,(H,27,30,34)(H,28,31,32)/b20-8-. The molecule has 2 aromatic heterocycles. The predicted molar refractivity (Wildman–Crippen MR) is 126 cm³/mol. The zero-order chi connectivity index (χ0) is 24.6. The fraction of sp³-hybridized carbons (Fsp3) is 0.174. The lowest BCUT2D eigenvalue weighted by molar-refractivity contribution is -0.138. The van der Waals surface area contributed by atoms with Crippen molar-refractivity contribution in [3.8, 4) is 0 Å². The van der Waals surface area contributed by atoms with E-state index in [1.807, 2.05) is 6.07 Å². The number of amidine groups is 1. The predicted octanol–water partition coefficient (Wildman–Crippen LogP) is 4.29. The number of hydrogen-bond donors (Lipinski definition) is 2. The Kier molecular flexibility index (Phi) is 5.89. The maximum Gasteiger partial charge on any atom is 0.416 e. The van der Waals surface area contributed by atoms with Gasteiger partial charge in [0.1, 0.15) is 5.69 Å². The van der Waals surface area contributed by atoms with Gasteiger partial charge in [0.05, 0.1) is 41.5 Å². The molecule has 1 saturated heterocycles.